The third-order valence-corrected chi connectivity index (χ3v) is 3.68. The van der Waals surface area contributed by atoms with Crippen molar-refractivity contribution < 1.29 is 4.79 Å². The van der Waals surface area contributed by atoms with Crippen LogP contribution in [0.2, 0.25) is 0 Å². The zero-order valence-electron chi connectivity index (χ0n) is 10.3. The monoisotopic (exact) mass is 263 g/mol. The van der Waals surface area contributed by atoms with Crippen LogP contribution in [0.3, 0.4) is 0 Å². The maximum Gasteiger partial charge on any atom is 0.275 e. The molecule has 7 heteroatoms. The van der Waals surface area contributed by atoms with E-state index in [0.717, 1.165) is 29.7 Å². The number of hydrogen-bond acceptors (Lipinski definition) is 5. The third-order valence-electron chi connectivity index (χ3n) is 3.06. The number of carbonyl (C=O) groups excluding carboxylic acids is 1. The highest BCUT2D eigenvalue weighted by molar-refractivity contribution is 6.99. The number of carbonyl (C=O) groups is 1. The Morgan fingerprint density at radius 2 is 2.17 bits per heavy atom. The van der Waals surface area contributed by atoms with Crippen LogP contribution in [0.4, 0.5) is 0 Å². The Kier molecular flexibility index (Phi) is 2.62. The lowest BCUT2D eigenvalue weighted by Gasteiger charge is -2.27. The van der Waals surface area contributed by atoms with Crippen LogP contribution in [-0.2, 0) is 13.1 Å². The van der Waals surface area contributed by atoms with E-state index in [0.29, 0.717) is 24.5 Å². The molecule has 94 valence electrons. The van der Waals surface area contributed by atoms with Gasteiger partial charge in [0.15, 0.2) is 5.69 Å². The summed E-state index contributed by atoms with van der Waals surface area (Å²) in [6, 6.07) is 2.02. The van der Waals surface area contributed by atoms with Crippen LogP contribution in [0.15, 0.2) is 6.07 Å². The summed E-state index contributed by atoms with van der Waals surface area (Å²) in [5, 5.41) is 4.38. The summed E-state index contributed by atoms with van der Waals surface area (Å²) < 4.78 is 10.1. The van der Waals surface area contributed by atoms with E-state index in [4.69, 9.17) is 0 Å². The predicted octanol–water partition coefficient (Wildman–Crippen LogP) is 1.01. The van der Waals surface area contributed by atoms with Crippen LogP contribution in [-0.4, -0.2) is 35.9 Å². The first-order valence-corrected chi connectivity index (χ1v) is 6.50. The molecule has 0 N–H and O–H groups in total. The van der Waals surface area contributed by atoms with Crippen molar-refractivity contribution in [3.63, 3.8) is 0 Å². The lowest BCUT2D eigenvalue weighted by Crippen LogP contribution is -2.38. The quantitative estimate of drug-likeness (QED) is 0.770. The summed E-state index contributed by atoms with van der Waals surface area (Å²) in [4.78, 5) is 14.1. The minimum absolute atomic E-state index is 0.0358. The number of aromatic nitrogens is 4. The molecule has 0 saturated carbocycles. The van der Waals surface area contributed by atoms with Crippen LogP contribution in [0, 0.1) is 13.8 Å². The van der Waals surface area contributed by atoms with Crippen molar-refractivity contribution in [2.24, 2.45) is 0 Å². The van der Waals surface area contributed by atoms with Crippen LogP contribution in [0.5, 0.6) is 0 Å². The van der Waals surface area contributed by atoms with Crippen LogP contribution >= 0.6 is 11.7 Å². The molecule has 0 radical (unpaired) electrons. The van der Waals surface area contributed by atoms with Gasteiger partial charge in [0.1, 0.15) is 0 Å². The van der Waals surface area contributed by atoms with E-state index in [9.17, 15) is 4.79 Å². The van der Waals surface area contributed by atoms with Crippen molar-refractivity contribution >= 4 is 17.6 Å². The SMILES string of the molecule is Cc1cc2n(n1)CCN(C(=O)c1nsnc1C)C2. The first-order valence-electron chi connectivity index (χ1n) is 5.77. The molecule has 0 aliphatic carbocycles. The molecule has 6 nitrogen and oxygen atoms in total. The highest BCUT2D eigenvalue weighted by Gasteiger charge is 2.25. The normalized spacial score (nSPS) is 14.7. The summed E-state index contributed by atoms with van der Waals surface area (Å²) in [5.74, 6) is -0.0358. The number of nitrogens with zero attached hydrogens (tertiary/aromatic N) is 5. The topological polar surface area (TPSA) is 63.9 Å². The van der Waals surface area contributed by atoms with Gasteiger partial charge >= 0.3 is 0 Å². The molecule has 1 amide bonds. The van der Waals surface area contributed by atoms with Gasteiger partial charge in [0.25, 0.3) is 5.91 Å². The third kappa shape index (κ3) is 1.80. The van der Waals surface area contributed by atoms with E-state index in [-0.39, 0.29) is 5.91 Å². The summed E-state index contributed by atoms with van der Waals surface area (Å²) in [5.41, 5.74) is 3.25. The van der Waals surface area contributed by atoms with Gasteiger partial charge in [-0.05, 0) is 19.9 Å². The smallest absolute Gasteiger partial charge is 0.275 e. The molecule has 0 saturated heterocycles. The predicted molar refractivity (Wildman–Crippen MR) is 66.4 cm³/mol. The molecule has 0 fully saturated rings. The molecule has 1 aliphatic heterocycles. The van der Waals surface area contributed by atoms with Gasteiger partial charge in [-0.3, -0.25) is 9.48 Å². The van der Waals surface area contributed by atoms with Gasteiger partial charge in [-0.15, -0.1) is 0 Å². The Balaban J connectivity index is 1.84. The van der Waals surface area contributed by atoms with Crippen molar-refractivity contribution in [1.29, 1.82) is 0 Å². The zero-order chi connectivity index (χ0) is 12.7. The fraction of sp³-hybridized carbons (Fsp3) is 0.455. The zero-order valence-corrected chi connectivity index (χ0v) is 11.1. The lowest BCUT2D eigenvalue weighted by molar-refractivity contribution is 0.0700. The van der Waals surface area contributed by atoms with E-state index in [1.54, 1.807) is 4.90 Å². The second-order valence-corrected chi connectivity index (χ2v) is 4.95. The summed E-state index contributed by atoms with van der Waals surface area (Å²) in [6.45, 7) is 5.78. The maximum atomic E-state index is 12.3. The van der Waals surface area contributed by atoms with Gasteiger partial charge in [-0.25, -0.2) is 0 Å². The van der Waals surface area contributed by atoms with Crippen LogP contribution in [0.25, 0.3) is 0 Å². The Bertz CT molecular complexity index is 602. The lowest BCUT2D eigenvalue weighted by atomic mass is 10.2. The first kappa shape index (κ1) is 11.3. The highest BCUT2D eigenvalue weighted by atomic mass is 32.1. The van der Waals surface area contributed by atoms with E-state index in [1.165, 1.54) is 0 Å². The van der Waals surface area contributed by atoms with Crippen molar-refractivity contribution in [1.82, 2.24) is 23.4 Å². The molecule has 3 heterocycles. The summed E-state index contributed by atoms with van der Waals surface area (Å²) in [7, 11) is 0. The second-order valence-electron chi connectivity index (χ2n) is 4.43. The molecule has 0 unspecified atom stereocenters. The van der Waals surface area contributed by atoms with Gasteiger partial charge in [0.2, 0.25) is 0 Å². The molecule has 18 heavy (non-hydrogen) atoms. The van der Waals surface area contributed by atoms with Crippen molar-refractivity contribution in [2.45, 2.75) is 26.9 Å². The first-order chi connectivity index (χ1) is 8.65. The Morgan fingerprint density at radius 3 is 2.89 bits per heavy atom. The average molecular weight is 263 g/mol. The fourth-order valence-corrected chi connectivity index (χ4v) is 2.70. The summed E-state index contributed by atoms with van der Waals surface area (Å²) in [6.07, 6.45) is 0. The number of amides is 1. The van der Waals surface area contributed by atoms with Crippen molar-refractivity contribution in [2.75, 3.05) is 6.54 Å². The molecule has 0 aromatic carbocycles. The van der Waals surface area contributed by atoms with Gasteiger partial charge in [-0.2, -0.15) is 13.8 Å². The fourth-order valence-electron chi connectivity index (χ4n) is 2.16. The van der Waals surface area contributed by atoms with Crippen LogP contribution in [0.1, 0.15) is 27.6 Å². The Morgan fingerprint density at radius 1 is 1.33 bits per heavy atom. The number of hydrogen-bond donors (Lipinski definition) is 0. The standard InChI is InChI=1S/C11H13N5OS/c1-7-5-9-6-15(3-4-16(9)12-7)11(17)10-8(2)13-18-14-10/h5H,3-4,6H2,1-2H3. The van der Waals surface area contributed by atoms with Crippen molar-refractivity contribution in [3.8, 4) is 0 Å². The molecule has 2 aromatic heterocycles. The molecule has 0 spiro atoms. The van der Waals surface area contributed by atoms with E-state index in [2.05, 4.69) is 13.8 Å². The molecule has 0 atom stereocenters. The molecule has 2 aromatic rings. The Hall–Kier alpha value is -1.76. The van der Waals surface area contributed by atoms with Gasteiger partial charge in [0, 0.05) is 6.54 Å². The number of aryl methyl sites for hydroxylation is 2. The van der Waals surface area contributed by atoms with E-state index < -0.39 is 0 Å². The van der Waals surface area contributed by atoms with Crippen molar-refractivity contribution in [3.05, 3.63) is 28.8 Å². The molecule has 0 bridgehead atoms. The minimum Gasteiger partial charge on any atom is -0.329 e. The average Bonchev–Trinajstić information content (AvgIpc) is 2.91. The van der Waals surface area contributed by atoms with Gasteiger partial charge in [0.05, 0.1) is 41.9 Å². The molecule has 1 aliphatic rings. The number of fused-ring (bicyclic) bond motifs is 1. The van der Waals surface area contributed by atoms with Gasteiger partial charge < -0.3 is 4.90 Å². The molecule has 3 rings (SSSR count). The number of rotatable bonds is 1. The molecular weight excluding hydrogens is 250 g/mol. The molecular formula is C11H13N5OS. The Labute approximate surface area is 109 Å². The second kappa shape index (κ2) is 4.16. The van der Waals surface area contributed by atoms with E-state index >= 15 is 0 Å². The van der Waals surface area contributed by atoms with Gasteiger partial charge in [-0.1, -0.05) is 0 Å². The van der Waals surface area contributed by atoms with Crippen LogP contribution < -0.4 is 0 Å². The minimum atomic E-state index is -0.0358. The maximum absolute atomic E-state index is 12.3. The summed E-state index contributed by atoms with van der Waals surface area (Å²) >= 11 is 1.08. The largest absolute Gasteiger partial charge is 0.329 e. The van der Waals surface area contributed by atoms with E-state index in [1.807, 2.05) is 24.6 Å². The highest BCUT2D eigenvalue weighted by Crippen LogP contribution is 2.16.